The number of hydrogen-bond donors (Lipinski definition) is 1. The predicted molar refractivity (Wildman–Crippen MR) is 141 cm³/mol. The van der Waals surface area contributed by atoms with E-state index < -0.39 is 0 Å². The molecule has 188 valence electrons. The van der Waals surface area contributed by atoms with Gasteiger partial charge in [-0.15, -0.1) is 0 Å². The zero-order valence-electron chi connectivity index (χ0n) is 21.3. The van der Waals surface area contributed by atoms with E-state index in [0.717, 1.165) is 78.5 Å². The van der Waals surface area contributed by atoms with Crippen LogP contribution in [0.2, 0.25) is 0 Å². The molecule has 3 aromatic rings. The summed E-state index contributed by atoms with van der Waals surface area (Å²) < 4.78 is 17.9. The number of methoxy groups -OCH3 is 1. The Morgan fingerprint density at radius 1 is 1.06 bits per heavy atom. The predicted octanol–water partition coefficient (Wildman–Crippen LogP) is 4.86. The van der Waals surface area contributed by atoms with Crippen molar-refractivity contribution in [2.24, 2.45) is 0 Å². The number of rotatable bonds is 9. The molecular formula is C28H38N4O3. The lowest BCUT2D eigenvalue weighted by Crippen LogP contribution is -2.41. The number of aryl methyl sites for hydroxylation is 1. The second-order valence-corrected chi connectivity index (χ2v) is 9.76. The zero-order chi connectivity index (χ0) is 24.2. The molecule has 0 unspecified atom stereocenters. The first-order valence-corrected chi connectivity index (χ1v) is 13.0. The van der Waals surface area contributed by atoms with Gasteiger partial charge in [-0.05, 0) is 83.4 Å². The number of aromatic nitrogens is 1. The fraction of sp³-hybridized carbons (Fsp3) is 0.536. The molecule has 2 aliphatic rings. The second-order valence-electron chi connectivity index (χ2n) is 9.76. The number of nitrogens with one attached hydrogen (secondary N) is 1. The number of likely N-dealkylation sites (tertiary alicyclic amines) is 1. The third-order valence-corrected chi connectivity index (χ3v) is 7.38. The van der Waals surface area contributed by atoms with Gasteiger partial charge < -0.3 is 29.0 Å². The Balaban J connectivity index is 1.45. The van der Waals surface area contributed by atoms with Crippen LogP contribution in [0.3, 0.4) is 0 Å². The number of anilines is 1. The summed E-state index contributed by atoms with van der Waals surface area (Å²) in [6.45, 7) is 8.14. The van der Waals surface area contributed by atoms with Gasteiger partial charge in [0.2, 0.25) is 0 Å². The van der Waals surface area contributed by atoms with Gasteiger partial charge in [0.1, 0.15) is 11.5 Å². The van der Waals surface area contributed by atoms with Crippen LogP contribution in [0.4, 0.5) is 5.69 Å². The number of pyridine rings is 1. The average molecular weight is 479 g/mol. The monoisotopic (exact) mass is 478 g/mol. The molecule has 4 heterocycles. The van der Waals surface area contributed by atoms with Crippen LogP contribution >= 0.6 is 0 Å². The second kappa shape index (κ2) is 10.9. The highest BCUT2D eigenvalue weighted by atomic mass is 16.5. The minimum atomic E-state index is 0.571. The molecule has 1 N–H and O–H groups in total. The molecule has 2 aromatic heterocycles. The largest absolute Gasteiger partial charge is 0.493 e. The van der Waals surface area contributed by atoms with Gasteiger partial charge in [0.15, 0.2) is 17.3 Å². The summed E-state index contributed by atoms with van der Waals surface area (Å²) in [5.74, 6) is 3.18. The van der Waals surface area contributed by atoms with Gasteiger partial charge >= 0.3 is 0 Å². The molecule has 0 amide bonds. The summed E-state index contributed by atoms with van der Waals surface area (Å²) in [6, 6.07) is 10.8. The third kappa shape index (κ3) is 5.41. The minimum absolute atomic E-state index is 0.571. The molecule has 0 atom stereocenters. The Hall–Kier alpha value is -2.77. The van der Waals surface area contributed by atoms with Crippen LogP contribution in [0.25, 0.3) is 22.4 Å². The third-order valence-electron chi connectivity index (χ3n) is 7.38. The van der Waals surface area contributed by atoms with Crippen LogP contribution in [-0.2, 0) is 0 Å². The molecule has 0 spiro atoms. The van der Waals surface area contributed by atoms with Gasteiger partial charge in [0, 0.05) is 42.8 Å². The van der Waals surface area contributed by atoms with E-state index in [9.17, 15) is 0 Å². The SMILES string of the molecule is CNC1CCN(c2cc(-c3ccc(C)o3)nc3cc(OCCCN4CCCC4)c(OC)cc23)CC1. The molecule has 2 aliphatic heterocycles. The normalized spacial score (nSPS) is 17.4. The average Bonchev–Trinajstić information content (AvgIpc) is 3.57. The Morgan fingerprint density at radius 3 is 2.54 bits per heavy atom. The van der Waals surface area contributed by atoms with E-state index in [1.54, 1.807) is 7.11 Å². The first-order chi connectivity index (χ1) is 17.1. The van der Waals surface area contributed by atoms with Crippen molar-refractivity contribution in [3.63, 3.8) is 0 Å². The molecule has 2 saturated heterocycles. The van der Waals surface area contributed by atoms with Gasteiger partial charge in [-0.2, -0.15) is 0 Å². The zero-order valence-corrected chi connectivity index (χ0v) is 21.3. The first kappa shape index (κ1) is 23.9. The van der Waals surface area contributed by atoms with Crippen molar-refractivity contribution in [1.29, 1.82) is 0 Å². The van der Waals surface area contributed by atoms with Gasteiger partial charge in [-0.25, -0.2) is 4.98 Å². The molecule has 35 heavy (non-hydrogen) atoms. The van der Waals surface area contributed by atoms with E-state index in [4.69, 9.17) is 18.9 Å². The summed E-state index contributed by atoms with van der Waals surface area (Å²) in [5, 5.41) is 4.51. The standard InChI is InChI=1S/C28H38N4O3/c1-20-7-8-26(35-20)24-18-25(32-14-9-21(29-2)10-15-32)22-17-27(33-3)28(19-23(22)30-24)34-16-6-13-31-11-4-5-12-31/h7-8,17-19,21,29H,4-6,9-16H2,1-3H3. The van der Waals surface area contributed by atoms with Crippen LogP contribution < -0.4 is 19.7 Å². The molecule has 0 bridgehead atoms. The number of ether oxygens (including phenoxy) is 2. The number of benzene rings is 1. The highest BCUT2D eigenvalue weighted by molar-refractivity contribution is 5.96. The Labute approximate surface area is 208 Å². The number of nitrogens with zero attached hydrogens (tertiary/aromatic N) is 3. The van der Waals surface area contributed by atoms with E-state index in [1.807, 2.05) is 25.1 Å². The summed E-state index contributed by atoms with van der Waals surface area (Å²) in [4.78, 5) is 9.98. The smallest absolute Gasteiger partial charge is 0.163 e. The maximum atomic E-state index is 6.22. The molecule has 7 nitrogen and oxygen atoms in total. The fourth-order valence-electron chi connectivity index (χ4n) is 5.33. The Kier molecular flexibility index (Phi) is 7.44. The lowest BCUT2D eigenvalue weighted by molar-refractivity contribution is 0.254. The van der Waals surface area contributed by atoms with Crippen molar-refractivity contribution in [1.82, 2.24) is 15.2 Å². The highest BCUT2D eigenvalue weighted by Crippen LogP contribution is 2.39. The number of piperidine rings is 1. The van der Waals surface area contributed by atoms with Crippen LogP contribution in [-0.4, -0.2) is 69.4 Å². The summed E-state index contributed by atoms with van der Waals surface area (Å²) in [5.41, 5.74) is 2.92. The Morgan fingerprint density at radius 2 is 1.86 bits per heavy atom. The fourth-order valence-corrected chi connectivity index (χ4v) is 5.33. The molecular weight excluding hydrogens is 440 g/mol. The maximum Gasteiger partial charge on any atom is 0.163 e. The molecule has 0 radical (unpaired) electrons. The van der Waals surface area contributed by atoms with E-state index in [-0.39, 0.29) is 0 Å². The number of hydrogen-bond acceptors (Lipinski definition) is 7. The van der Waals surface area contributed by atoms with Crippen molar-refractivity contribution in [3.05, 3.63) is 36.1 Å². The number of fused-ring (bicyclic) bond motifs is 1. The minimum Gasteiger partial charge on any atom is -0.493 e. The summed E-state index contributed by atoms with van der Waals surface area (Å²) in [7, 11) is 3.76. The topological polar surface area (TPSA) is 63.0 Å². The van der Waals surface area contributed by atoms with E-state index in [2.05, 4.69) is 34.3 Å². The molecule has 7 heteroatoms. The van der Waals surface area contributed by atoms with Gasteiger partial charge in [-0.3, -0.25) is 0 Å². The van der Waals surface area contributed by atoms with Crippen LogP contribution in [0.5, 0.6) is 11.5 Å². The van der Waals surface area contributed by atoms with Crippen molar-refractivity contribution >= 4 is 16.6 Å². The summed E-state index contributed by atoms with van der Waals surface area (Å²) in [6.07, 6.45) is 5.87. The quantitative estimate of drug-likeness (QED) is 0.441. The van der Waals surface area contributed by atoms with E-state index in [0.29, 0.717) is 12.6 Å². The lowest BCUT2D eigenvalue weighted by atomic mass is 10.0. The molecule has 0 aliphatic carbocycles. The maximum absolute atomic E-state index is 6.22. The highest BCUT2D eigenvalue weighted by Gasteiger charge is 2.23. The van der Waals surface area contributed by atoms with Gasteiger partial charge in [0.25, 0.3) is 0 Å². The molecule has 2 fully saturated rings. The first-order valence-electron chi connectivity index (χ1n) is 13.0. The van der Waals surface area contributed by atoms with E-state index in [1.165, 1.54) is 31.6 Å². The summed E-state index contributed by atoms with van der Waals surface area (Å²) >= 11 is 0. The van der Waals surface area contributed by atoms with Crippen molar-refractivity contribution in [2.75, 3.05) is 58.4 Å². The van der Waals surface area contributed by atoms with Crippen LogP contribution in [0, 0.1) is 6.92 Å². The van der Waals surface area contributed by atoms with Crippen molar-refractivity contribution < 1.29 is 13.9 Å². The molecule has 0 saturated carbocycles. The van der Waals surface area contributed by atoms with Crippen LogP contribution in [0.15, 0.2) is 34.7 Å². The number of furan rings is 1. The van der Waals surface area contributed by atoms with Gasteiger partial charge in [0.05, 0.1) is 19.2 Å². The Bertz CT molecular complexity index is 1130. The lowest BCUT2D eigenvalue weighted by Gasteiger charge is -2.34. The molecule has 5 rings (SSSR count). The van der Waals surface area contributed by atoms with Crippen LogP contribution in [0.1, 0.15) is 37.9 Å². The van der Waals surface area contributed by atoms with Crippen molar-refractivity contribution in [3.8, 4) is 23.0 Å². The van der Waals surface area contributed by atoms with Gasteiger partial charge in [-0.1, -0.05) is 0 Å². The van der Waals surface area contributed by atoms with E-state index >= 15 is 0 Å². The molecule has 1 aromatic carbocycles. The van der Waals surface area contributed by atoms with Crippen molar-refractivity contribution in [2.45, 2.75) is 45.1 Å².